The van der Waals surface area contributed by atoms with E-state index >= 15 is 0 Å². The first kappa shape index (κ1) is 13.4. The van der Waals surface area contributed by atoms with Crippen molar-refractivity contribution >= 4 is 5.69 Å². The zero-order chi connectivity index (χ0) is 13.0. The molecule has 2 atom stereocenters. The summed E-state index contributed by atoms with van der Waals surface area (Å²) in [6.07, 6.45) is 3.13. The maximum absolute atomic E-state index is 9.11. The fraction of sp³-hybridized carbons (Fsp3) is 0.600. The van der Waals surface area contributed by atoms with Crippen LogP contribution in [0, 0.1) is 0 Å². The Morgan fingerprint density at radius 2 is 2.33 bits per heavy atom. The van der Waals surface area contributed by atoms with Gasteiger partial charge in [0.15, 0.2) is 0 Å². The summed E-state index contributed by atoms with van der Waals surface area (Å²) in [5, 5.41) is 16.0. The van der Waals surface area contributed by atoms with Crippen molar-refractivity contribution < 1.29 is 5.11 Å². The molecule has 1 heterocycles. The number of aliphatic hydroxyl groups is 1. The van der Waals surface area contributed by atoms with Crippen molar-refractivity contribution in [2.75, 3.05) is 18.5 Å². The summed E-state index contributed by atoms with van der Waals surface area (Å²) in [6, 6.07) is 7.50. The lowest BCUT2D eigenvalue weighted by molar-refractivity contribution is 0.240. The SMILES string of the molecule is CCC(CO)NCCc1ccc2c(c1)CC(C)N2. The average molecular weight is 248 g/mol. The van der Waals surface area contributed by atoms with E-state index in [-0.39, 0.29) is 12.6 Å². The van der Waals surface area contributed by atoms with Crippen molar-refractivity contribution in [3.8, 4) is 0 Å². The molecule has 2 rings (SSSR count). The molecule has 0 aromatic heterocycles. The Hall–Kier alpha value is -1.06. The summed E-state index contributed by atoms with van der Waals surface area (Å²) in [5.74, 6) is 0. The maximum atomic E-state index is 9.11. The van der Waals surface area contributed by atoms with Crippen LogP contribution in [0.1, 0.15) is 31.4 Å². The van der Waals surface area contributed by atoms with Gasteiger partial charge in [-0.05, 0) is 49.9 Å². The summed E-state index contributed by atoms with van der Waals surface area (Å²) in [7, 11) is 0. The first-order valence-electron chi connectivity index (χ1n) is 6.95. The fourth-order valence-electron chi connectivity index (χ4n) is 2.52. The van der Waals surface area contributed by atoms with Gasteiger partial charge in [0.2, 0.25) is 0 Å². The highest BCUT2D eigenvalue weighted by Crippen LogP contribution is 2.26. The van der Waals surface area contributed by atoms with E-state index in [0.717, 1.165) is 25.8 Å². The summed E-state index contributed by atoms with van der Waals surface area (Å²) in [4.78, 5) is 0. The molecule has 0 saturated heterocycles. The van der Waals surface area contributed by atoms with E-state index in [1.807, 2.05) is 0 Å². The van der Waals surface area contributed by atoms with Gasteiger partial charge in [-0.15, -0.1) is 0 Å². The van der Waals surface area contributed by atoms with Crippen molar-refractivity contribution in [2.24, 2.45) is 0 Å². The number of nitrogens with one attached hydrogen (secondary N) is 2. The van der Waals surface area contributed by atoms with Crippen LogP contribution in [0.15, 0.2) is 18.2 Å². The summed E-state index contributed by atoms with van der Waals surface area (Å²) in [6.45, 7) is 5.47. The van der Waals surface area contributed by atoms with Crippen LogP contribution < -0.4 is 10.6 Å². The second-order valence-corrected chi connectivity index (χ2v) is 5.23. The zero-order valence-electron chi connectivity index (χ0n) is 11.4. The molecule has 3 N–H and O–H groups in total. The van der Waals surface area contributed by atoms with Crippen LogP contribution in [0.25, 0.3) is 0 Å². The largest absolute Gasteiger partial charge is 0.395 e. The third-order valence-electron chi connectivity index (χ3n) is 3.66. The second-order valence-electron chi connectivity index (χ2n) is 5.23. The van der Waals surface area contributed by atoms with Crippen LogP contribution in [-0.2, 0) is 12.8 Å². The molecule has 0 radical (unpaired) electrons. The Bertz CT molecular complexity index is 388. The van der Waals surface area contributed by atoms with Crippen LogP contribution in [0.5, 0.6) is 0 Å². The van der Waals surface area contributed by atoms with Gasteiger partial charge in [0.05, 0.1) is 6.61 Å². The van der Waals surface area contributed by atoms with E-state index in [2.05, 4.69) is 42.7 Å². The number of benzene rings is 1. The van der Waals surface area contributed by atoms with Crippen LogP contribution in [0.4, 0.5) is 5.69 Å². The monoisotopic (exact) mass is 248 g/mol. The molecule has 0 amide bonds. The van der Waals surface area contributed by atoms with Gasteiger partial charge < -0.3 is 15.7 Å². The van der Waals surface area contributed by atoms with Crippen LogP contribution in [0.3, 0.4) is 0 Å². The maximum Gasteiger partial charge on any atom is 0.0584 e. The molecular weight excluding hydrogens is 224 g/mol. The molecule has 0 saturated carbocycles. The van der Waals surface area contributed by atoms with Gasteiger partial charge >= 0.3 is 0 Å². The van der Waals surface area contributed by atoms with Crippen molar-refractivity contribution in [1.29, 1.82) is 0 Å². The number of fused-ring (bicyclic) bond motifs is 1. The summed E-state index contributed by atoms with van der Waals surface area (Å²) >= 11 is 0. The predicted octanol–water partition coefficient (Wildman–Crippen LogP) is 1.95. The molecule has 1 aliphatic rings. The molecule has 3 heteroatoms. The lowest BCUT2D eigenvalue weighted by atomic mass is 10.0. The molecule has 100 valence electrons. The van der Waals surface area contributed by atoms with E-state index in [1.54, 1.807) is 0 Å². The Labute approximate surface area is 110 Å². The quantitative estimate of drug-likeness (QED) is 0.721. The van der Waals surface area contributed by atoms with Gasteiger partial charge in [0, 0.05) is 17.8 Å². The number of aliphatic hydroxyl groups excluding tert-OH is 1. The molecular formula is C15H24N2O. The van der Waals surface area contributed by atoms with E-state index in [4.69, 9.17) is 5.11 Å². The zero-order valence-corrected chi connectivity index (χ0v) is 11.4. The number of hydrogen-bond acceptors (Lipinski definition) is 3. The smallest absolute Gasteiger partial charge is 0.0584 e. The Morgan fingerprint density at radius 3 is 3.06 bits per heavy atom. The van der Waals surface area contributed by atoms with Crippen molar-refractivity contribution in [1.82, 2.24) is 5.32 Å². The van der Waals surface area contributed by atoms with Crippen molar-refractivity contribution in [3.05, 3.63) is 29.3 Å². The van der Waals surface area contributed by atoms with Gasteiger partial charge in [0.1, 0.15) is 0 Å². The predicted molar refractivity (Wildman–Crippen MR) is 76.1 cm³/mol. The van der Waals surface area contributed by atoms with Gasteiger partial charge in [0.25, 0.3) is 0 Å². The first-order chi connectivity index (χ1) is 8.72. The van der Waals surface area contributed by atoms with Crippen LogP contribution >= 0.6 is 0 Å². The molecule has 0 aliphatic carbocycles. The molecule has 1 aliphatic heterocycles. The Balaban J connectivity index is 1.86. The lowest BCUT2D eigenvalue weighted by Crippen LogP contribution is -2.33. The minimum atomic E-state index is 0.224. The van der Waals surface area contributed by atoms with Crippen LogP contribution in [-0.4, -0.2) is 30.3 Å². The molecule has 3 nitrogen and oxygen atoms in total. The summed E-state index contributed by atoms with van der Waals surface area (Å²) < 4.78 is 0. The van der Waals surface area contributed by atoms with Gasteiger partial charge in [-0.2, -0.15) is 0 Å². The Kier molecular flexibility index (Phi) is 4.61. The van der Waals surface area contributed by atoms with Crippen LogP contribution in [0.2, 0.25) is 0 Å². The first-order valence-corrected chi connectivity index (χ1v) is 6.95. The van der Waals surface area contributed by atoms with E-state index < -0.39 is 0 Å². The minimum Gasteiger partial charge on any atom is -0.395 e. The topological polar surface area (TPSA) is 44.3 Å². The number of anilines is 1. The molecule has 0 spiro atoms. The van der Waals surface area contributed by atoms with Gasteiger partial charge in [-0.1, -0.05) is 19.1 Å². The highest BCUT2D eigenvalue weighted by Gasteiger charge is 2.16. The van der Waals surface area contributed by atoms with E-state index in [1.165, 1.54) is 16.8 Å². The molecule has 18 heavy (non-hydrogen) atoms. The minimum absolute atomic E-state index is 0.224. The molecule has 0 fully saturated rings. The van der Waals surface area contributed by atoms with Crippen molar-refractivity contribution in [3.63, 3.8) is 0 Å². The van der Waals surface area contributed by atoms with E-state index in [0.29, 0.717) is 6.04 Å². The normalized spacial score (nSPS) is 19.4. The molecule has 1 aromatic rings. The van der Waals surface area contributed by atoms with Gasteiger partial charge in [-0.25, -0.2) is 0 Å². The highest BCUT2D eigenvalue weighted by molar-refractivity contribution is 5.57. The van der Waals surface area contributed by atoms with Crippen molar-refractivity contribution in [2.45, 2.75) is 45.2 Å². The second kappa shape index (κ2) is 6.21. The molecule has 1 aromatic carbocycles. The fourth-order valence-corrected chi connectivity index (χ4v) is 2.52. The highest BCUT2D eigenvalue weighted by atomic mass is 16.3. The number of rotatable bonds is 6. The average Bonchev–Trinajstić information content (AvgIpc) is 2.74. The standard InChI is InChI=1S/C15H24N2O/c1-3-14(10-18)16-7-6-12-4-5-15-13(9-12)8-11(2)17-15/h4-5,9,11,14,16-18H,3,6-8,10H2,1-2H3. The summed E-state index contributed by atoms with van der Waals surface area (Å²) in [5.41, 5.74) is 4.11. The molecule has 2 unspecified atom stereocenters. The third kappa shape index (κ3) is 3.24. The molecule has 0 bridgehead atoms. The lowest BCUT2D eigenvalue weighted by Gasteiger charge is -2.13. The third-order valence-corrected chi connectivity index (χ3v) is 3.66. The number of hydrogen-bond donors (Lipinski definition) is 3. The van der Waals surface area contributed by atoms with Gasteiger partial charge in [-0.3, -0.25) is 0 Å². The Morgan fingerprint density at radius 1 is 1.50 bits per heavy atom. The van der Waals surface area contributed by atoms with E-state index in [9.17, 15) is 0 Å².